The topological polar surface area (TPSA) is 64.3 Å². The number of anilines is 1. The zero-order valence-electron chi connectivity index (χ0n) is 10.7. The lowest BCUT2D eigenvalue weighted by Gasteiger charge is -2.12. The predicted octanol–water partition coefficient (Wildman–Crippen LogP) is 2.22. The second-order valence-corrected chi connectivity index (χ2v) is 4.11. The summed E-state index contributed by atoms with van der Waals surface area (Å²) in [7, 11) is 0. The number of carbonyl (C=O) groups excluding carboxylic acids is 1. The van der Waals surface area contributed by atoms with Gasteiger partial charge in [0.25, 0.3) is 5.91 Å². The SMILES string of the molecule is Cc1cc(NCCOCC(F)(F)F)c(C(N)=O)cc1F. The van der Waals surface area contributed by atoms with E-state index in [0.29, 0.717) is 0 Å². The summed E-state index contributed by atoms with van der Waals surface area (Å²) in [6.45, 7) is -0.0409. The zero-order valence-corrected chi connectivity index (χ0v) is 10.7. The van der Waals surface area contributed by atoms with Crippen molar-refractivity contribution in [3.05, 3.63) is 29.1 Å². The Hall–Kier alpha value is -1.83. The number of benzene rings is 1. The number of hydrogen-bond acceptors (Lipinski definition) is 3. The first-order valence-corrected chi connectivity index (χ1v) is 5.69. The summed E-state index contributed by atoms with van der Waals surface area (Å²) < 4.78 is 53.2. The minimum Gasteiger partial charge on any atom is -0.382 e. The number of halogens is 4. The zero-order chi connectivity index (χ0) is 15.3. The van der Waals surface area contributed by atoms with Gasteiger partial charge in [0.1, 0.15) is 12.4 Å². The van der Waals surface area contributed by atoms with Gasteiger partial charge in [-0.3, -0.25) is 4.79 Å². The fourth-order valence-electron chi connectivity index (χ4n) is 1.48. The second kappa shape index (κ2) is 6.56. The van der Waals surface area contributed by atoms with Crippen LogP contribution in [0.2, 0.25) is 0 Å². The summed E-state index contributed by atoms with van der Waals surface area (Å²) in [6, 6.07) is 2.34. The predicted molar refractivity (Wildman–Crippen MR) is 65.0 cm³/mol. The Morgan fingerprint density at radius 3 is 2.60 bits per heavy atom. The normalized spacial score (nSPS) is 11.4. The molecule has 0 aliphatic heterocycles. The van der Waals surface area contributed by atoms with Gasteiger partial charge in [0.05, 0.1) is 12.2 Å². The molecular weight excluding hydrogens is 280 g/mol. The molecular formula is C12H14F4N2O2. The smallest absolute Gasteiger partial charge is 0.382 e. The van der Waals surface area contributed by atoms with Crippen LogP contribution in [0.4, 0.5) is 23.2 Å². The fourth-order valence-corrected chi connectivity index (χ4v) is 1.48. The van der Waals surface area contributed by atoms with Crippen LogP contribution in [0.25, 0.3) is 0 Å². The molecule has 20 heavy (non-hydrogen) atoms. The van der Waals surface area contributed by atoms with E-state index < -0.39 is 24.5 Å². The average molecular weight is 294 g/mol. The number of rotatable bonds is 6. The quantitative estimate of drug-likeness (QED) is 0.624. The number of carbonyl (C=O) groups is 1. The summed E-state index contributed by atoms with van der Waals surface area (Å²) in [5, 5.41) is 2.69. The average Bonchev–Trinajstić information content (AvgIpc) is 2.31. The summed E-state index contributed by atoms with van der Waals surface area (Å²) in [6.07, 6.45) is -4.38. The molecule has 0 saturated heterocycles. The van der Waals surface area contributed by atoms with Crippen LogP contribution in [-0.4, -0.2) is 31.8 Å². The van der Waals surface area contributed by atoms with Crippen LogP contribution in [0.3, 0.4) is 0 Å². The maximum absolute atomic E-state index is 13.3. The molecule has 0 atom stereocenters. The van der Waals surface area contributed by atoms with Crippen LogP contribution < -0.4 is 11.1 Å². The van der Waals surface area contributed by atoms with Crippen LogP contribution >= 0.6 is 0 Å². The standard InChI is InChI=1S/C12H14F4N2O2/c1-7-4-10(8(11(17)19)5-9(7)13)18-2-3-20-6-12(14,15)16/h4-5,18H,2-3,6H2,1H3,(H2,17,19). The molecule has 0 radical (unpaired) electrons. The number of amides is 1. The third kappa shape index (κ3) is 5.04. The fraction of sp³-hybridized carbons (Fsp3) is 0.417. The maximum atomic E-state index is 13.3. The van der Waals surface area contributed by atoms with Gasteiger partial charge in [-0.05, 0) is 24.6 Å². The van der Waals surface area contributed by atoms with Crippen LogP contribution in [-0.2, 0) is 4.74 Å². The maximum Gasteiger partial charge on any atom is 0.411 e. The van der Waals surface area contributed by atoms with Crippen molar-refractivity contribution in [2.45, 2.75) is 13.1 Å². The third-order valence-corrected chi connectivity index (χ3v) is 2.39. The van der Waals surface area contributed by atoms with E-state index in [0.717, 1.165) is 6.07 Å². The Morgan fingerprint density at radius 1 is 1.40 bits per heavy atom. The highest BCUT2D eigenvalue weighted by Crippen LogP contribution is 2.20. The molecule has 112 valence electrons. The molecule has 0 aliphatic rings. The van der Waals surface area contributed by atoms with Gasteiger partial charge >= 0.3 is 6.18 Å². The number of alkyl halides is 3. The van der Waals surface area contributed by atoms with E-state index in [4.69, 9.17) is 5.73 Å². The van der Waals surface area contributed by atoms with E-state index in [1.807, 2.05) is 0 Å². The summed E-state index contributed by atoms with van der Waals surface area (Å²) in [4.78, 5) is 11.1. The molecule has 0 bridgehead atoms. The van der Waals surface area contributed by atoms with E-state index >= 15 is 0 Å². The first-order chi connectivity index (χ1) is 9.20. The molecule has 0 aliphatic carbocycles. The van der Waals surface area contributed by atoms with E-state index in [1.165, 1.54) is 13.0 Å². The van der Waals surface area contributed by atoms with Crippen molar-refractivity contribution in [2.75, 3.05) is 25.1 Å². The van der Waals surface area contributed by atoms with Crippen LogP contribution in [0.15, 0.2) is 12.1 Å². The van der Waals surface area contributed by atoms with Gasteiger partial charge < -0.3 is 15.8 Å². The first kappa shape index (κ1) is 16.2. The molecule has 0 aromatic heterocycles. The van der Waals surface area contributed by atoms with Crippen LogP contribution in [0.5, 0.6) is 0 Å². The molecule has 0 heterocycles. The lowest BCUT2D eigenvalue weighted by Crippen LogP contribution is -2.21. The van der Waals surface area contributed by atoms with Crippen molar-refractivity contribution in [3.63, 3.8) is 0 Å². The first-order valence-electron chi connectivity index (χ1n) is 5.69. The van der Waals surface area contributed by atoms with Gasteiger partial charge in [-0.2, -0.15) is 13.2 Å². The minimum atomic E-state index is -4.38. The summed E-state index contributed by atoms with van der Waals surface area (Å²) >= 11 is 0. The molecule has 0 spiro atoms. The van der Waals surface area contributed by atoms with Crippen LogP contribution in [0, 0.1) is 12.7 Å². The minimum absolute atomic E-state index is 0.0292. The molecule has 0 saturated carbocycles. The Bertz CT molecular complexity index is 489. The van der Waals surface area contributed by atoms with Gasteiger partial charge in [-0.25, -0.2) is 4.39 Å². The van der Waals surface area contributed by atoms with Crippen LogP contribution in [0.1, 0.15) is 15.9 Å². The Labute approximate surface area is 112 Å². The Morgan fingerprint density at radius 2 is 2.05 bits per heavy atom. The Balaban J connectivity index is 2.59. The molecule has 4 nitrogen and oxygen atoms in total. The van der Waals surface area contributed by atoms with E-state index in [-0.39, 0.29) is 30.0 Å². The van der Waals surface area contributed by atoms with Crippen molar-refractivity contribution < 1.29 is 27.1 Å². The molecule has 3 N–H and O–H groups in total. The summed E-state index contributed by atoms with van der Waals surface area (Å²) in [5.41, 5.74) is 5.57. The monoisotopic (exact) mass is 294 g/mol. The van der Waals surface area contributed by atoms with E-state index in [1.54, 1.807) is 0 Å². The van der Waals surface area contributed by atoms with Crippen molar-refractivity contribution in [1.29, 1.82) is 0 Å². The van der Waals surface area contributed by atoms with Gasteiger partial charge in [0.2, 0.25) is 0 Å². The number of aryl methyl sites for hydroxylation is 1. The van der Waals surface area contributed by atoms with Gasteiger partial charge in [0, 0.05) is 12.2 Å². The molecule has 8 heteroatoms. The highest BCUT2D eigenvalue weighted by Gasteiger charge is 2.27. The number of ether oxygens (including phenoxy) is 1. The van der Waals surface area contributed by atoms with Crippen molar-refractivity contribution in [3.8, 4) is 0 Å². The third-order valence-electron chi connectivity index (χ3n) is 2.39. The molecule has 1 rings (SSSR count). The summed E-state index contributed by atoms with van der Waals surface area (Å²) in [5.74, 6) is -1.42. The van der Waals surface area contributed by atoms with Gasteiger partial charge in [0.15, 0.2) is 0 Å². The lowest BCUT2D eigenvalue weighted by molar-refractivity contribution is -0.172. The number of primary amides is 1. The van der Waals surface area contributed by atoms with Crippen molar-refractivity contribution >= 4 is 11.6 Å². The van der Waals surface area contributed by atoms with Crippen molar-refractivity contribution in [1.82, 2.24) is 0 Å². The number of nitrogens with two attached hydrogens (primary N) is 1. The molecule has 1 amide bonds. The highest BCUT2D eigenvalue weighted by molar-refractivity contribution is 5.98. The number of hydrogen-bond donors (Lipinski definition) is 2. The van der Waals surface area contributed by atoms with E-state index in [9.17, 15) is 22.4 Å². The Kier molecular flexibility index (Phi) is 5.32. The molecule has 1 aromatic carbocycles. The molecule has 0 fully saturated rings. The largest absolute Gasteiger partial charge is 0.411 e. The van der Waals surface area contributed by atoms with Gasteiger partial charge in [-0.1, -0.05) is 0 Å². The molecule has 0 unspecified atom stereocenters. The van der Waals surface area contributed by atoms with Crippen molar-refractivity contribution in [2.24, 2.45) is 5.73 Å². The molecule has 1 aromatic rings. The second-order valence-electron chi connectivity index (χ2n) is 4.11. The van der Waals surface area contributed by atoms with Gasteiger partial charge in [-0.15, -0.1) is 0 Å². The van der Waals surface area contributed by atoms with E-state index in [2.05, 4.69) is 10.1 Å². The lowest BCUT2D eigenvalue weighted by atomic mass is 10.1. The number of nitrogens with one attached hydrogen (secondary N) is 1. The highest BCUT2D eigenvalue weighted by atomic mass is 19.4.